The van der Waals surface area contributed by atoms with Crippen LogP contribution in [-0.4, -0.2) is 20.2 Å². The Morgan fingerprint density at radius 3 is 2.80 bits per heavy atom. The number of tetrazole rings is 1. The van der Waals surface area contributed by atoms with Crippen LogP contribution >= 0.6 is 0 Å². The van der Waals surface area contributed by atoms with E-state index in [1.807, 2.05) is 19.1 Å². The highest BCUT2D eigenvalue weighted by Gasteiger charge is 2.06. The topological polar surface area (TPSA) is 69.6 Å². The van der Waals surface area contributed by atoms with Gasteiger partial charge in [-0.1, -0.05) is 12.1 Å². The Hall–Kier alpha value is -1.75. The van der Waals surface area contributed by atoms with Crippen molar-refractivity contribution in [3.8, 4) is 5.69 Å². The summed E-state index contributed by atoms with van der Waals surface area (Å²) in [6.45, 7) is 4.40. The molecule has 0 saturated heterocycles. The van der Waals surface area contributed by atoms with Crippen LogP contribution in [0.3, 0.4) is 0 Å². The fourth-order valence-corrected chi connectivity index (χ4v) is 1.38. The predicted octanol–water partition coefficient (Wildman–Crippen LogP) is 0.738. The molecule has 2 aromatic rings. The summed E-state index contributed by atoms with van der Waals surface area (Å²) in [7, 11) is 0. The van der Waals surface area contributed by atoms with Crippen molar-refractivity contribution in [1.29, 1.82) is 0 Å². The maximum Gasteiger partial charge on any atom is 0.188 e. The number of hydrogen-bond donors (Lipinski definition) is 1. The van der Waals surface area contributed by atoms with Crippen LogP contribution in [0.2, 0.25) is 0 Å². The van der Waals surface area contributed by atoms with Crippen molar-refractivity contribution in [1.82, 2.24) is 20.2 Å². The average molecular weight is 203 g/mol. The molecule has 0 aliphatic carbocycles. The maximum absolute atomic E-state index is 5.43. The van der Waals surface area contributed by atoms with Gasteiger partial charge in [-0.05, 0) is 36.3 Å². The molecule has 0 aliphatic heterocycles. The summed E-state index contributed by atoms with van der Waals surface area (Å²) >= 11 is 0. The Labute approximate surface area is 87.9 Å². The quantitative estimate of drug-likeness (QED) is 0.781. The van der Waals surface area contributed by atoms with Crippen LogP contribution < -0.4 is 5.73 Å². The molecule has 0 fully saturated rings. The fourth-order valence-electron chi connectivity index (χ4n) is 1.38. The first-order valence-electron chi connectivity index (χ1n) is 4.78. The lowest BCUT2D eigenvalue weighted by molar-refractivity contribution is 0.712. The zero-order valence-corrected chi connectivity index (χ0v) is 8.81. The van der Waals surface area contributed by atoms with Gasteiger partial charge in [-0.2, -0.15) is 0 Å². The van der Waals surface area contributed by atoms with Crippen molar-refractivity contribution in [3.63, 3.8) is 0 Å². The third kappa shape index (κ3) is 1.73. The van der Waals surface area contributed by atoms with Crippen molar-refractivity contribution in [2.45, 2.75) is 20.4 Å². The Morgan fingerprint density at radius 2 is 2.13 bits per heavy atom. The molecule has 78 valence electrons. The summed E-state index contributed by atoms with van der Waals surface area (Å²) in [5.41, 5.74) is 8.74. The largest absolute Gasteiger partial charge is 0.324 e. The van der Waals surface area contributed by atoms with Crippen molar-refractivity contribution in [3.05, 3.63) is 35.2 Å². The normalized spacial score (nSPS) is 10.6. The number of nitrogens with two attached hydrogens (primary N) is 1. The molecule has 2 rings (SSSR count). The summed E-state index contributed by atoms with van der Waals surface area (Å²) in [5, 5.41) is 12.0. The van der Waals surface area contributed by atoms with E-state index in [1.165, 1.54) is 10.4 Å². The molecule has 1 aromatic heterocycles. The van der Waals surface area contributed by atoms with Gasteiger partial charge in [0.1, 0.15) is 0 Å². The zero-order valence-electron chi connectivity index (χ0n) is 8.81. The van der Waals surface area contributed by atoms with E-state index in [2.05, 4.69) is 28.4 Å². The van der Waals surface area contributed by atoms with Gasteiger partial charge in [-0.25, -0.2) is 0 Å². The highest BCUT2D eigenvalue weighted by atomic mass is 15.6. The molecule has 0 amide bonds. The summed E-state index contributed by atoms with van der Waals surface area (Å²) in [6, 6.07) is 5.99. The van der Waals surface area contributed by atoms with Gasteiger partial charge in [0.15, 0.2) is 5.82 Å². The molecule has 15 heavy (non-hydrogen) atoms. The van der Waals surface area contributed by atoms with Crippen LogP contribution in [0.4, 0.5) is 0 Å². The van der Waals surface area contributed by atoms with E-state index in [1.54, 1.807) is 0 Å². The van der Waals surface area contributed by atoms with E-state index in [-0.39, 0.29) is 0 Å². The molecule has 1 heterocycles. The monoisotopic (exact) mass is 203 g/mol. The van der Waals surface area contributed by atoms with Crippen molar-refractivity contribution in [2.24, 2.45) is 5.73 Å². The van der Waals surface area contributed by atoms with E-state index in [9.17, 15) is 0 Å². The van der Waals surface area contributed by atoms with Gasteiger partial charge in [0, 0.05) is 0 Å². The lowest BCUT2D eigenvalue weighted by Gasteiger charge is -2.05. The molecule has 0 aliphatic rings. The molecule has 0 bridgehead atoms. The van der Waals surface area contributed by atoms with Gasteiger partial charge in [0.2, 0.25) is 0 Å². The van der Waals surface area contributed by atoms with Crippen LogP contribution in [0, 0.1) is 13.8 Å². The number of benzene rings is 1. The highest BCUT2D eigenvalue weighted by Crippen LogP contribution is 2.15. The maximum atomic E-state index is 5.43. The molecular weight excluding hydrogens is 190 g/mol. The second-order valence-electron chi connectivity index (χ2n) is 3.42. The summed E-state index contributed by atoms with van der Waals surface area (Å²) in [5.74, 6) is 0.552. The van der Waals surface area contributed by atoms with E-state index in [0.29, 0.717) is 12.4 Å². The lowest BCUT2D eigenvalue weighted by Crippen LogP contribution is -2.04. The van der Waals surface area contributed by atoms with Crippen LogP contribution in [0.15, 0.2) is 18.2 Å². The third-order valence-electron chi connectivity index (χ3n) is 2.43. The van der Waals surface area contributed by atoms with Crippen molar-refractivity contribution >= 4 is 0 Å². The van der Waals surface area contributed by atoms with Crippen molar-refractivity contribution < 1.29 is 0 Å². The Balaban J connectivity index is 2.49. The second-order valence-corrected chi connectivity index (χ2v) is 3.42. The standard InChI is InChI=1S/C10H13N5/c1-7-4-3-5-9(8(7)2)15-13-10(6-11)12-14-15/h3-5H,6,11H2,1-2H3. The van der Waals surface area contributed by atoms with Crippen LogP contribution in [0.1, 0.15) is 17.0 Å². The number of nitrogens with zero attached hydrogens (tertiary/aromatic N) is 4. The van der Waals surface area contributed by atoms with E-state index >= 15 is 0 Å². The van der Waals surface area contributed by atoms with Gasteiger partial charge in [-0.3, -0.25) is 0 Å². The van der Waals surface area contributed by atoms with Crippen LogP contribution in [0.5, 0.6) is 0 Å². The van der Waals surface area contributed by atoms with Crippen molar-refractivity contribution in [2.75, 3.05) is 0 Å². The van der Waals surface area contributed by atoms with Gasteiger partial charge in [0.25, 0.3) is 0 Å². The van der Waals surface area contributed by atoms with Gasteiger partial charge < -0.3 is 5.73 Å². The fraction of sp³-hybridized carbons (Fsp3) is 0.300. The van der Waals surface area contributed by atoms with Gasteiger partial charge in [0.05, 0.1) is 12.2 Å². The van der Waals surface area contributed by atoms with E-state index in [0.717, 1.165) is 11.3 Å². The first kappa shape index (κ1) is 9.79. The molecular formula is C10H13N5. The highest BCUT2D eigenvalue weighted by molar-refractivity contribution is 5.42. The smallest absolute Gasteiger partial charge is 0.188 e. The van der Waals surface area contributed by atoms with Crippen LogP contribution in [0.25, 0.3) is 5.69 Å². The molecule has 5 heteroatoms. The molecule has 0 spiro atoms. The number of aryl methyl sites for hydroxylation is 1. The molecule has 0 saturated carbocycles. The summed E-state index contributed by atoms with van der Waals surface area (Å²) < 4.78 is 0. The molecule has 0 atom stereocenters. The Bertz CT molecular complexity index is 474. The lowest BCUT2D eigenvalue weighted by atomic mass is 10.1. The molecule has 1 aromatic carbocycles. The number of rotatable bonds is 2. The minimum atomic E-state index is 0.310. The van der Waals surface area contributed by atoms with Gasteiger partial charge in [-0.15, -0.1) is 15.0 Å². The Morgan fingerprint density at radius 1 is 1.33 bits per heavy atom. The average Bonchev–Trinajstić information content (AvgIpc) is 2.70. The zero-order chi connectivity index (χ0) is 10.8. The number of aromatic nitrogens is 4. The summed E-state index contributed by atoms with van der Waals surface area (Å²) in [6.07, 6.45) is 0. The minimum absolute atomic E-state index is 0.310. The summed E-state index contributed by atoms with van der Waals surface area (Å²) in [4.78, 5) is 1.52. The predicted molar refractivity (Wildman–Crippen MR) is 56.5 cm³/mol. The molecule has 5 nitrogen and oxygen atoms in total. The van der Waals surface area contributed by atoms with Gasteiger partial charge >= 0.3 is 0 Å². The molecule has 2 N–H and O–H groups in total. The van der Waals surface area contributed by atoms with Crippen LogP contribution in [-0.2, 0) is 6.54 Å². The molecule has 0 radical (unpaired) electrons. The first-order valence-corrected chi connectivity index (χ1v) is 4.78. The molecule has 0 unspecified atom stereocenters. The SMILES string of the molecule is Cc1cccc(-n2nnc(CN)n2)c1C. The first-order chi connectivity index (χ1) is 7.22. The minimum Gasteiger partial charge on any atom is -0.324 e. The second kappa shape index (κ2) is 3.78. The van der Waals surface area contributed by atoms with E-state index < -0.39 is 0 Å². The third-order valence-corrected chi connectivity index (χ3v) is 2.43. The number of hydrogen-bond acceptors (Lipinski definition) is 4. The Kier molecular flexibility index (Phi) is 2.47. The van der Waals surface area contributed by atoms with E-state index in [4.69, 9.17) is 5.73 Å².